The van der Waals surface area contributed by atoms with Crippen molar-refractivity contribution in [3.63, 3.8) is 0 Å². The quantitative estimate of drug-likeness (QED) is 0.414. The number of nitrogens with one attached hydrogen (secondary N) is 1. The molecule has 0 spiro atoms. The molecule has 30 heavy (non-hydrogen) atoms. The van der Waals surface area contributed by atoms with Gasteiger partial charge in [0.15, 0.2) is 0 Å². The molecule has 1 amide bonds. The number of benzene rings is 3. The highest BCUT2D eigenvalue weighted by Gasteiger charge is 2.34. The van der Waals surface area contributed by atoms with Crippen molar-refractivity contribution in [3.8, 4) is 0 Å². The topological polar surface area (TPSA) is 29.1 Å². The van der Waals surface area contributed by atoms with E-state index in [-0.39, 0.29) is 10.0 Å². The van der Waals surface area contributed by atoms with Crippen LogP contribution < -0.4 is 5.32 Å². The Morgan fingerprint density at radius 3 is 2.23 bits per heavy atom. The minimum absolute atomic E-state index is 0.188. The number of rotatable bonds is 5. The second-order valence-corrected chi connectivity index (χ2v) is 7.44. The van der Waals surface area contributed by atoms with E-state index in [1.54, 1.807) is 0 Å². The van der Waals surface area contributed by atoms with E-state index in [2.05, 4.69) is 21.2 Å². The van der Waals surface area contributed by atoms with Crippen LogP contribution in [0.2, 0.25) is 0 Å². The number of hydrogen-bond donors (Lipinski definition) is 1. The maximum atomic E-state index is 13.6. The molecule has 0 saturated heterocycles. The van der Waals surface area contributed by atoms with Crippen molar-refractivity contribution < 1.29 is 26.7 Å². The summed E-state index contributed by atoms with van der Waals surface area (Å²) in [6.45, 7) is 0. The maximum absolute atomic E-state index is 13.6. The lowest BCUT2D eigenvalue weighted by atomic mass is 9.98. The highest BCUT2D eigenvalue weighted by Crippen LogP contribution is 2.32. The monoisotopic (exact) mass is 483 g/mol. The Balaban J connectivity index is 1.92. The summed E-state index contributed by atoms with van der Waals surface area (Å²) in [5.41, 5.74) is -0.431. The first-order chi connectivity index (χ1) is 14.1. The van der Waals surface area contributed by atoms with Crippen molar-refractivity contribution in [2.24, 2.45) is 0 Å². The number of amides is 1. The normalized spacial score (nSPS) is 12.5. The van der Waals surface area contributed by atoms with E-state index in [4.69, 9.17) is 0 Å². The van der Waals surface area contributed by atoms with E-state index < -0.39 is 35.3 Å². The first-order valence-corrected chi connectivity index (χ1v) is 9.61. The summed E-state index contributed by atoms with van der Waals surface area (Å²) >= 11 is 3.10. The van der Waals surface area contributed by atoms with Gasteiger partial charge in [-0.25, -0.2) is 8.78 Å². The molecule has 0 heterocycles. The number of alkyl halides is 3. The lowest BCUT2D eigenvalue weighted by Gasteiger charge is -2.20. The molecule has 0 aromatic heterocycles. The molecule has 0 unspecified atom stereocenters. The smallest absolute Gasteiger partial charge is 0.345 e. The molecule has 0 aliphatic rings. The molecule has 0 bridgehead atoms. The van der Waals surface area contributed by atoms with Crippen molar-refractivity contribution >= 4 is 21.8 Å². The fourth-order valence-corrected chi connectivity index (χ4v) is 3.35. The van der Waals surface area contributed by atoms with Crippen LogP contribution in [-0.2, 0) is 12.6 Å². The third kappa shape index (κ3) is 5.24. The summed E-state index contributed by atoms with van der Waals surface area (Å²) in [7, 11) is 0. The third-order valence-corrected chi connectivity index (χ3v) is 5.08. The van der Waals surface area contributed by atoms with Gasteiger partial charge in [0.1, 0.15) is 11.6 Å². The fraction of sp³-hybridized carbons (Fsp3) is 0.136. The summed E-state index contributed by atoms with van der Waals surface area (Å²) in [5.74, 6) is -2.75. The van der Waals surface area contributed by atoms with Crippen LogP contribution in [0.4, 0.5) is 22.0 Å². The molecule has 0 aliphatic heterocycles. The number of hydrogen-bond acceptors (Lipinski definition) is 1. The van der Waals surface area contributed by atoms with E-state index in [0.29, 0.717) is 24.1 Å². The van der Waals surface area contributed by atoms with Crippen LogP contribution in [0.15, 0.2) is 71.2 Å². The molecule has 0 radical (unpaired) electrons. The summed E-state index contributed by atoms with van der Waals surface area (Å²) in [6.07, 6.45) is -4.61. The van der Waals surface area contributed by atoms with E-state index in [9.17, 15) is 26.7 Å². The Hall–Kier alpha value is -2.74. The van der Waals surface area contributed by atoms with E-state index in [1.807, 2.05) is 30.3 Å². The van der Waals surface area contributed by atoms with Crippen LogP contribution >= 0.6 is 15.9 Å². The van der Waals surface area contributed by atoms with Gasteiger partial charge < -0.3 is 5.32 Å². The molecule has 0 saturated carbocycles. The molecule has 8 heteroatoms. The Kier molecular flexibility index (Phi) is 6.55. The lowest BCUT2D eigenvalue weighted by Crippen LogP contribution is -2.30. The van der Waals surface area contributed by atoms with E-state index in [1.165, 1.54) is 18.2 Å². The first-order valence-electron chi connectivity index (χ1n) is 8.81. The van der Waals surface area contributed by atoms with Crippen molar-refractivity contribution in [1.29, 1.82) is 0 Å². The molecular weight excluding hydrogens is 469 g/mol. The highest BCUT2D eigenvalue weighted by atomic mass is 79.9. The molecule has 3 aromatic rings. The minimum Gasteiger partial charge on any atom is -0.345 e. The summed E-state index contributed by atoms with van der Waals surface area (Å²) < 4.78 is 66.3. The van der Waals surface area contributed by atoms with Gasteiger partial charge in [-0.2, -0.15) is 13.2 Å². The average Bonchev–Trinajstić information content (AvgIpc) is 2.69. The van der Waals surface area contributed by atoms with Gasteiger partial charge in [-0.3, -0.25) is 4.79 Å². The second kappa shape index (κ2) is 8.95. The molecular formula is C22H15BrF5NO. The minimum atomic E-state index is -4.92. The zero-order valence-electron chi connectivity index (χ0n) is 15.3. The molecule has 0 fully saturated rings. The van der Waals surface area contributed by atoms with Gasteiger partial charge in [-0.1, -0.05) is 36.4 Å². The van der Waals surface area contributed by atoms with Gasteiger partial charge in [-0.05, 0) is 63.8 Å². The molecule has 0 aliphatic carbocycles. The zero-order valence-corrected chi connectivity index (χ0v) is 16.9. The van der Waals surface area contributed by atoms with Crippen LogP contribution in [-0.4, -0.2) is 5.91 Å². The van der Waals surface area contributed by atoms with Crippen LogP contribution in [0.25, 0.3) is 0 Å². The predicted octanol–water partition coefficient (Wildman–Crippen LogP) is 6.46. The fourth-order valence-electron chi connectivity index (χ4n) is 2.96. The lowest BCUT2D eigenvalue weighted by molar-refractivity contribution is -0.140. The SMILES string of the molecule is O=C(N[C@H](Cc1ccccc1)c1ccc(F)c(Br)c1)c1ccc(F)c(C(F)(F)F)c1. The van der Waals surface area contributed by atoms with E-state index >= 15 is 0 Å². The molecule has 156 valence electrons. The van der Waals surface area contributed by atoms with Crippen LogP contribution in [0.5, 0.6) is 0 Å². The van der Waals surface area contributed by atoms with Crippen LogP contribution in [0.3, 0.4) is 0 Å². The molecule has 2 nitrogen and oxygen atoms in total. The average molecular weight is 484 g/mol. The van der Waals surface area contributed by atoms with Gasteiger partial charge in [0.05, 0.1) is 16.1 Å². The number of carbonyl (C=O) groups is 1. The standard InChI is InChI=1S/C22H15BrF5NO/c23-17-12-14(6-9-19(17)25)20(10-13-4-2-1-3-5-13)29-21(30)15-7-8-18(24)16(11-15)22(26,27)28/h1-9,11-12,20H,10H2,(H,29,30)/t20-/m1/s1. The Labute approximate surface area is 177 Å². The van der Waals surface area contributed by atoms with Crippen molar-refractivity contribution in [2.75, 3.05) is 0 Å². The zero-order chi connectivity index (χ0) is 21.9. The second-order valence-electron chi connectivity index (χ2n) is 6.58. The van der Waals surface area contributed by atoms with Gasteiger partial charge in [0, 0.05) is 5.56 Å². The van der Waals surface area contributed by atoms with Gasteiger partial charge in [0.2, 0.25) is 0 Å². The maximum Gasteiger partial charge on any atom is 0.419 e. The van der Waals surface area contributed by atoms with Gasteiger partial charge >= 0.3 is 6.18 Å². The molecule has 3 aromatic carbocycles. The Morgan fingerprint density at radius 1 is 0.933 bits per heavy atom. The summed E-state index contributed by atoms with van der Waals surface area (Å²) in [4.78, 5) is 12.7. The Bertz CT molecular complexity index is 1050. The molecule has 3 rings (SSSR count). The van der Waals surface area contributed by atoms with Gasteiger partial charge in [-0.15, -0.1) is 0 Å². The summed E-state index contributed by atoms with van der Waals surface area (Å²) in [5, 5.41) is 2.67. The Morgan fingerprint density at radius 2 is 1.60 bits per heavy atom. The molecule has 1 N–H and O–H groups in total. The van der Waals surface area contributed by atoms with Crippen molar-refractivity contribution in [1.82, 2.24) is 5.32 Å². The highest BCUT2D eigenvalue weighted by molar-refractivity contribution is 9.10. The van der Waals surface area contributed by atoms with Crippen molar-refractivity contribution in [2.45, 2.75) is 18.6 Å². The largest absolute Gasteiger partial charge is 0.419 e. The number of carbonyl (C=O) groups excluding carboxylic acids is 1. The molecule has 1 atom stereocenters. The van der Waals surface area contributed by atoms with Crippen molar-refractivity contribution in [3.05, 3.63) is 105 Å². The van der Waals surface area contributed by atoms with Gasteiger partial charge in [0.25, 0.3) is 5.91 Å². The van der Waals surface area contributed by atoms with Crippen LogP contribution in [0, 0.1) is 11.6 Å². The van der Waals surface area contributed by atoms with E-state index in [0.717, 1.165) is 11.6 Å². The van der Waals surface area contributed by atoms with Crippen LogP contribution in [0.1, 0.15) is 33.1 Å². The number of halogens is 6. The summed E-state index contributed by atoms with van der Waals surface area (Å²) in [6, 6.07) is 14.7. The third-order valence-electron chi connectivity index (χ3n) is 4.47. The predicted molar refractivity (Wildman–Crippen MR) is 106 cm³/mol. The first kappa shape index (κ1) is 22.0.